The van der Waals surface area contributed by atoms with E-state index in [0.29, 0.717) is 6.42 Å². The lowest BCUT2D eigenvalue weighted by molar-refractivity contribution is -0.124. The molecule has 4 heteroatoms. The van der Waals surface area contributed by atoms with Crippen molar-refractivity contribution in [3.8, 4) is 0 Å². The van der Waals surface area contributed by atoms with Gasteiger partial charge in [0.1, 0.15) is 6.04 Å². The Morgan fingerprint density at radius 2 is 1.95 bits per heavy atom. The highest BCUT2D eigenvalue weighted by Gasteiger charge is 2.36. The molecule has 0 radical (unpaired) electrons. The van der Waals surface area contributed by atoms with Gasteiger partial charge in [0.2, 0.25) is 11.8 Å². The van der Waals surface area contributed by atoms with Crippen LogP contribution >= 0.6 is 0 Å². The van der Waals surface area contributed by atoms with Gasteiger partial charge in [-0.15, -0.1) is 0 Å². The van der Waals surface area contributed by atoms with E-state index >= 15 is 0 Å². The normalized spacial score (nSPS) is 16.4. The molecule has 112 valence electrons. The van der Waals surface area contributed by atoms with Gasteiger partial charge in [0.15, 0.2) is 0 Å². The number of primary amides is 1. The molecule has 0 bridgehead atoms. The molecule has 2 aromatic carbocycles. The molecule has 1 aliphatic rings. The van der Waals surface area contributed by atoms with Gasteiger partial charge >= 0.3 is 0 Å². The fraction of sp³-hybridized carbons (Fsp3) is 0.222. The summed E-state index contributed by atoms with van der Waals surface area (Å²) in [5.41, 5.74) is 9.33. The minimum atomic E-state index is -0.588. The molecule has 0 fully saturated rings. The third-order valence-electron chi connectivity index (χ3n) is 4.01. The van der Waals surface area contributed by atoms with E-state index < -0.39 is 11.9 Å². The summed E-state index contributed by atoms with van der Waals surface area (Å²) in [6.07, 6.45) is 0.755. The van der Waals surface area contributed by atoms with Crippen molar-refractivity contribution in [2.24, 2.45) is 5.73 Å². The van der Waals surface area contributed by atoms with Crippen LogP contribution in [0.3, 0.4) is 0 Å². The van der Waals surface area contributed by atoms with Crippen molar-refractivity contribution in [2.45, 2.75) is 25.8 Å². The second kappa shape index (κ2) is 5.64. The van der Waals surface area contributed by atoms with Gasteiger partial charge in [0.05, 0.1) is 6.42 Å². The fourth-order valence-corrected chi connectivity index (χ4v) is 3.00. The first-order valence-electron chi connectivity index (χ1n) is 7.31. The third kappa shape index (κ3) is 2.60. The predicted molar refractivity (Wildman–Crippen MR) is 85.5 cm³/mol. The van der Waals surface area contributed by atoms with Gasteiger partial charge in [-0.25, -0.2) is 0 Å². The fourth-order valence-electron chi connectivity index (χ4n) is 3.00. The van der Waals surface area contributed by atoms with Crippen LogP contribution in [0.4, 0.5) is 5.69 Å². The van der Waals surface area contributed by atoms with Crippen molar-refractivity contribution in [1.29, 1.82) is 0 Å². The number of hydrogen-bond donors (Lipinski definition) is 1. The first-order chi connectivity index (χ1) is 10.6. The maximum atomic E-state index is 12.7. The Morgan fingerprint density at radius 3 is 2.68 bits per heavy atom. The molecular weight excluding hydrogens is 276 g/mol. The van der Waals surface area contributed by atoms with Crippen molar-refractivity contribution in [3.63, 3.8) is 0 Å². The van der Waals surface area contributed by atoms with Gasteiger partial charge < -0.3 is 5.73 Å². The number of anilines is 1. The summed E-state index contributed by atoms with van der Waals surface area (Å²) in [5.74, 6) is -0.562. The van der Waals surface area contributed by atoms with E-state index in [4.69, 9.17) is 5.73 Å². The first kappa shape index (κ1) is 14.3. The molecule has 2 N–H and O–H groups in total. The maximum Gasteiger partial charge on any atom is 0.240 e. The SMILES string of the molecule is Cc1cccc(CC(=O)N2c3ccccc3CC2C(N)=O)c1. The molecule has 1 unspecified atom stereocenters. The number of carbonyl (C=O) groups is 2. The van der Waals surface area contributed by atoms with Crippen molar-refractivity contribution < 1.29 is 9.59 Å². The van der Waals surface area contributed by atoms with E-state index in [9.17, 15) is 9.59 Å². The van der Waals surface area contributed by atoms with Crippen molar-refractivity contribution in [1.82, 2.24) is 0 Å². The number of para-hydroxylation sites is 1. The number of amides is 2. The monoisotopic (exact) mass is 294 g/mol. The number of hydrogen-bond acceptors (Lipinski definition) is 2. The summed E-state index contributed by atoms with van der Waals surface area (Å²) in [4.78, 5) is 26.0. The van der Waals surface area contributed by atoms with Crippen molar-refractivity contribution in [3.05, 3.63) is 65.2 Å². The Balaban J connectivity index is 1.90. The van der Waals surface area contributed by atoms with E-state index in [1.807, 2.05) is 55.5 Å². The Bertz CT molecular complexity index is 739. The second-order valence-electron chi connectivity index (χ2n) is 5.68. The number of nitrogens with two attached hydrogens (primary N) is 1. The molecule has 0 saturated carbocycles. The van der Waals surface area contributed by atoms with E-state index in [2.05, 4.69) is 0 Å². The molecule has 1 heterocycles. The number of rotatable bonds is 3. The van der Waals surface area contributed by atoms with Crippen molar-refractivity contribution in [2.75, 3.05) is 4.90 Å². The van der Waals surface area contributed by atoms with Crippen LogP contribution in [0.1, 0.15) is 16.7 Å². The smallest absolute Gasteiger partial charge is 0.240 e. The molecule has 0 spiro atoms. The summed E-state index contributed by atoms with van der Waals surface area (Å²) >= 11 is 0. The van der Waals surface area contributed by atoms with Crippen LogP contribution in [0, 0.1) is 6.92 Å². The number of benzene rings is 2. The molecule has 1 atom stereocenters. The van der Waals surface area contributed by atoms with Crippen LogP contribution in [-0.4, -0.2) is 17.9 Å². The van der Waals surface area contributed by atoms with Crippen LogP contribution in [0.25, 0.3) is 0 Å². The van der Waals surface area contributed by atoms with Gasteiger partial charge in [-0.1, -0.05) is 48.0 Å². The molecule has 22 heavy (non-hydrogen) atoms. The lowest BCUT2D eigenvalue weighted by Gasteiger charge is -2.23. The summed E-state index contributed by atoms with van der Waals surface area (Å²) in [6.45, 7) is 1.99. The largest absolute Gasteiger partial charge is 0.368 e. The van der Waals surface area contributed by atoms with E-state index in [0.717, 1.165) is 22.4 Å². The van der Waals surface area contributed by atoms with E-state index in [1.54, 1.807) is 4.90 Å². The summed E-state index contributed by atoms with van der Waals surface area (Å²) in [5, 5.41) is 0. The maximum absolute atomic E-state index is 12.7. The second-order valence-corrected chi connectivity index (χ2v) is 5.68. The highest BCUT2D eigenvalue weighted by molar-refractivity contribution is 6.03. The summed E-state index contributed by atoms with van der Waals surface area (Å²) in [7, 11) is 0. The lowest BCUT2D eigenvalue weighted by atomic mass is 10.1. The Morgan fingerprint density at radius 1 is 1.18 bits per heavy atom. The molecule has 3 rings (SSSR count). The molecular formula is C18H18N2O2. The summed E-state index contributed by atoms with van der Waals surface area (Å²) < 4.78 is 0. The molecule has 4 nitrogen and oxygen atoms in total. The Kier molecular flexibility index (Phi) is 3.67. The summed E-state index contributed by atoms with van der Waals surface area (Å²) in [6, 6.07) is 14.8. The van der Waals surface area contributed by atoms with Crippen molar-refractivity contribution >= 4 is 17.5 Å². The Hall–Kier alpha value is -2.62. The highest BCUT2D eigenvalue weighted by Crippen LogP contribution is 2.32. The molecule has 2 aromatic rings. The van der Waals surface area contributed by atoms with Gasteiger partial charge in [-0.2, -0.15) is 0 Å². The zero-order valence-corrected chi connectivity index (χ0v) is 12.5. The minimum Gasteiger partial charge on any atom is -0.368 e. The van der Waals surface area contributed by atoms with Crippen LogP contribution in [-0.2, 0) is 22.4 Å². The van der Waals surface area contributed by atoms with Gasteiger partial charge in [0.25, 0.3) is 0 Å². The average Bonchev–Trinajstić information content (AvgIpc) is 2.87. The standard InChI is InChI=1S/C18H18N2O2/c1-12-5-4-6-13(9-12)10-17(21)20-15-8-3-2-7-14(15)11-16(20)18(19)22/h2-9,16H,10-11H2,1H3,(H2,19,22). The molecule has 0 aromatic heterocycles. The number of aryl methyl sites for hydroxylation is 1. The molecule has 0 saturated heterocycles. The zero-order valence-electron chi connectivity index (χ0n) is 12.5. The quantitative estimate of drug-likeness (QED) is 0.941. The van der Waals surface area contributed by atoms with Gasteiger partial charge in [0, 0.05) is 12.1 Å². The van der Waals surface area contributed by atoms with Gasteiger partial charge in [-0.3, -0.25) is 14.5 Å². The molecule has 2 amide bonds. The van der Waals surface area contributed by atoms with Crippen LogP contribution in [0.15, 0.2) is 48.5 Å². The number of carbonyl (C=O) groups excluding carboxylic acids is 2. The number of nitrogens with zero attached hydrogens (tertiary/aromatic N) is 1. The molecule has 1 aliphatic heterocycles. The van der Waals surface area contributed by atoms with Crippen LogP contribution in [0.2, 0.25) is 0 Å². The van der Waals surface area contributed by atoms with Crippen LogP contribution < -0.4 is 10.6 Å². The minimum absolute atomic E-state index is 0.0978. The zero-order chi connectivity index (χ0) is 15.7. The predicted octanol–water partition coefficient (Wildman–Crippen LogP) is 1.98. The van der Waals surface area contributed by atoms with E-state index in [-0.39, 0.29) is 12.3 Å². The lowest BCUT2D eigenvalue weighted by Crippen LogP contribution is -2.46. The molecule has 0 aliphatic carbocycles. The Labute approximate surface area is 129 Å². The van der Waals surface area contributed by atoms with Crippen LogP contribution in [0.5, 0.6) is 0 Å². The third-order valence-corrected chi connectivity index (χ3v) is 4.01. The highest BCUT2D eigenvalue weighted by atomic mass is 16.2. The number of fused-ring (bicyclic) bond motifs is 1. The topological polar surface area (TPSA) is 63.4 Å². The van der Waals surface area contributed by atoms with E-state index in [1.165, 1.54) is 0 Å². The first-order valence-corrected chi connectivity index (χ1v) is 7.31. The average molecular weight is 294 g/mol. The van der Waals surface area contributed by atoms with Gasteiger partial charge in [-0.05, 0) is 24.1 Å².